The van der Waals surface area contributed by atoms with Crippen LogP contribution in [0.4, 0.5) is 0 Å². The Kier molecular flexibility index (Phi) is 4.53. The van der Waals surface area contributed by atoms with Crippen LogP contribution in [0.15, 0.2) is 42.5 Å². The van der Waals surface area contributed by atoms with Gasteiger partial charge < -0.3 is 10.4 Å². The van der Waals surface area contributed by atoms with E-state index < -0.39 is 6.10 Å². The molecule has 0 fully saturated rings. The maximum atomic E-state index is 9.54. The van der Waals surface area contributed by atoms with Crippen LogP contribution in [0.1, 0.15) is 19.4 Å². The molecule has 0 aromatic heterocycles. The van der Waals surface area contributed by atoms with Gasteiger partial charge in [0.15, 0.2) is 0 Å². The zero-order chi connectivity index (χ0) is 11.3. The summed E-state index contributed by atoms with van der Waals surface area (Å²) >= 11 is 0. The van der Waals surface area contributed by atoms with Gasteiger partial charge in [0.25, 0.3) is 0 Å². The monoisotopic (exact) mass is 205 g/mol. The molecular formula is C13H19NO. The maximum absolute atomic E-state index is 9.54. The van der Waals surface area contributed by atoms with Gasteiger partial charge in [0, 0.05) is 6.54 Å². The van der Waals surface area contributed by atoms with Gasteiger partial charge in [0.05, 0.1) is 12.1 Å². The van der Waals surface area contributed by atoms with Crippen molar-refractivity contribution in [3.8, 4) is 0 Å². The van der Waals surface area contributed by atoms with Crippen molar-refractivity contribution in [1.29, 1.82) is 0 Å². The molecule has 15 heavy (non-hydrogen) atoms. The van der Waals surface area contributed by atoms with Gasteiger partial charge in [0.1, 0.15) is 0 Å². The van der Waals surface area contributed by atoms with E-state index in [4.69, 9.17) is 0 Å². The van der Waals surface area contributed by atoms with E-state index in [1.165, 1.54) is 5.56 Å². The third-order valence-corrected chi connectivity index (χ3v) is 2.38. The van der Waals surface area contributed by atoms with E-state index in [-0.39, 0.29) is 6.04 Å². The molecule has 0 spiro atoms. The molecule has 0 aliphatic rings. The fourth-order valence-corrected chi connectivity index (χ4v) is 1.58. The van der Waals surface area contributed by atoms with E-state index in [2.05, 4.69) is 24.0 Å². The van der Waals surface area contributed by atoms with Crippen LogP contribution >= 0.6 is 0 Å². The number of hydrogen-bond donors (Lipinski definition) is 2. The first-order chi connectivity index (χ1) is 7.11. The molecule has 1 rings (SSSR count). The Bertz CT molecular complexity index is 306. The number of aliphatic hydroxyl groups excluding tert-OH is 1. The van der Waals surface area contributed by atoms with Crippen LogP contribution < -0.4 is 5.32 Å². The Labute approximate surface area is 91.6 Å². The lowest BCUT2D eigenvalue weighted by Gasteiger charge is -2.21. The molecule has 1 aromatic rings. The van der Waals surface area contributed by atoms with Crippen molar-refractivity contribution in [2.75, 3.05) is 0 Å². The maximum Gasteiger partial charge on any atom is 0.0703 e. The van der Waals surface area contributed by atoms with Crippen LogP contribution in [0.5, 0.6) is 0 Å². The lowest BCUT2D eigenvalue weighted by molar-refractivity contribution is 0.159. The molecule has 0 aliphatic carbocycles. The number of aliphatic hydroxyl groups is 1. The van der Waals surface area contributed by atoms with Gasteiger partial charge in [-0.15, -0.1) is 0 Å². The Balaban J connectivity index is 2.51. The largest absolute Gasteiger partial charge is 0.391 e. The fourth-order valence-electron chi connectivity index (χ4n) is 1.58. The molecule has 0 saturated heterocycles. The van der Waals surface area contributed by atoms with Gasteiger partial charge in [-0.05, 0) is 19.4 Å². The van der Waals surface area contributed by atoms with Crippen molar-refractivity contribution in [3.05, 3.63) is 48.0 Å². The molecule has 2 heteroatoms. The van der Waals surface area contributed by atoms with E-state index >= 15 is 0 Å². The molecule has 0 radical (unpaired) electrons. The quantitative estimate of drug-likeness (QED) is 0.721. The SMILES string of the molecule is C=C(C)C(NCc1ccccc1)C(C)O. The topological polar surface area (TPSA) is 32.3 Å². The second-order valence-corrected chi connectivity index (χ2v) is 3.93. The second-order valence-electron chi connectivity index (χ2n) is 3.93. The van der Waals surface area contributed by atoms with E-state index in [0.717, 1.165) is 12.1 Å². The lowest BCUT2D eigenvalue weighted by atomic mass is 10.1. The molecule has 0 heterocycles. The number of hydrogen-bond acceptors (Lipinski definition) is 2. The highest BCUT2D eigenvalue weighted by molar-refractivity contribution is 5.15. The highest BCUT2D eigenvalue weighted by atomic mass is 16.3. The van der Waals surface area contributed by atoms with Gasteiger partial charge in [0.2, 0.25) is 0 Å². The minimum absolute atomic E-state index is 0.0368. The van der Waals surface area contributed by atoms with Crippen molar-refractivity contribution in [1.82, 2.24) is 5.32 Å². The molecule has 0 bridgehead atoms. The van der Waals surface area contributed by atoms with Crippen molar-refractivity contribution < 1.29 is 5.11 Å². The first-order valence-electron chi connectivity index (χ1n) is 5.22. The van der Waals surface area contributed by atoms with Crippen LogP contribution in [0.2, 0.25) is 0 Å². The van der Waals surface area contributed by atoms with Gasteiger partial charge in [-0.1, -0.05) is 42.5 Å². The molecular weight excluding hydrogens is 186 g/mol. The van der Waals surface area contributed by atoms with Gasteiger partial charge in [-0.25, -0.2) is 0 Å². The van der Waals surface area contributed by atoms with Gasteiger partial charge >= 0.3 is 0 Å². The average Bonchev–Trinajstić information content (AvgIpc) is 2.18. The average molecular weight is 205 g/mol. The number of benzene rings is 1. The highest BCUT2D eigenvalue weighted by Crippen LogP contribution is 2.06. The summed E-state index contributed by atoms with van der Waals surface area (Å²) in [7, 11) is 0. The normalized spacial score (nSPS) is 14.6. The Hall–Kier alpha value is -1.12. The minimum atomic E-state index is -0.411. The fraction of sp³-hybridized carbons (Fsp3) is 0.385. The Morgan fingerprint density at radius 3 is 2.47 bits per heavy atom. The Morgan fingerprint density at radius 1 is 1.40 bits per heavy atom. The van der Waals surface area contributed by atoms with E-state index in [9.17, 15) is 5.11 Å². The van der Waals surface area contributed by atoms with E-state index in [1.54, 1.807) is 6.92 Å². The van der Waals surface area contributed by atoms with Crippen molar-refractivity contribution >= 4 is 0 Å². The summed E-state index contributed by atoms with van der Waals surface area (Å²) < 4.78 is 0. The zero-order valence-electron chi connectivity index (χ0n) is 9.40. The molecule has 82 valence electrons. The smallest absolute Gasteiger partial charge is 0.0703 e. The van der Waals surface area contributed by atoms with Crippen LogP contribution in [0.25, 0.3) is 0 Å². The molecule has 2 nitrogen and oxygen atoms in total. The predicted octanol–water partition coefficient (Wildman–Crippen LogP) is 2.10. The second kappa shape index (κ2) is 5.69. The number of rotatable bonds is 5. The third kappa shape index (κ3) is 3.86. The molecule has 0 saturated carbocycles. The molecule has 2 unspecified atom stereocenters. The van der Waals surface area contributed by atoms with Crippen LogP contribution in [0.3, 0.4) is 0 Å². The van der Waals surface area contributed by atoms with Crippen molar-refractivity contribution in [2.45, 2.75) is 32.5 Å². The van der Waals surface area contributed by atoms with E-state index in [0.29, 0.717) is 0 Å². The lowest BCUT2D eigenvalue weighted by Crippen LogP contribution is -2.38. The summed E-state index contributed by atoms with van der Waals surface area (Å²) in [5.74, 6) is 0. The minimum Gasteiger partial charge on any atom is -0.391 e. The molecule has 1 aromatic carbocycles. The van der Waals surface area contributed by atoms with Crippen molar-refractivity contribution in [2.24, 2.45) is 0 Å². The van der Waals surface area contributed by atoms with Crippen molar-refractivity contribution in [3.63, 3.8) is 0 Å². The summed E-state index contributed by atoms with van der Waals surface area (Å²) in [5, 5.41) is 12.8. The molecule has 2 atom stereocenters. The van der Waals surface area contributed by atoms with E-state index in [1.807, 2.05) is 25.1 Å². The first kappa shape index (κ1) is 12.0. The Morgan fingerprint density at radius 2 is 2.00 bits per heavy atom. The predicted molar refractivity (Wildman–Crippen MR) is 63.6 cm³/mol. The standard InChI is InChI=1S/C13H19NO/c1-10(2)13(11(3)15)14-9-12-7-5-4-6-8-12/h4-8,11,13-15H,1,9H2,2-3H3. The molecule has 0 aliphatic heterocycles. The van der Waals surface area contributed by atoms with Gasteiger partial charge in [-0.2, -0.15) is 0 Å². The van der Waals surface area contributed by atoms with Gasteiger partial charge in [-0.3, -0.25) is 0 Å². The third-order valence-electron chi connectivity index (χ3n) is 2.38. The van der Waals surface area contributed by atoms with Crippen LogP contribution in [0, 0.1) is 0 Å². The molecule has 0 amide bonds. The summed E-state index contributed by atoms with van der Waals surface area (Å²) in [6.45, 7) is 8.32. The summed E-state index contributed by atoms with van der Waals surface area (Å²) in [5.41, 5.74) is 2.17. The summed E-state index contributed by atoms with van der Waals surface area (Å²) in [4.78, 5) is 0. The summed E-state index contributed by atoms with van der Waals surface area (Å²) in [6.07, 6.45) is -0.411. The first-order valence-corrected chi connectivity index (χ1v) is 5.22. The highest BCUT2D eigenvalue weighted by Gasteiger charge is 2.14. The zero-order valence-corrected chi connectivity index (χ0v) is 9.40. The number of nitrogens with one attached hydrogen (secondary N) is 1. The summed E-state index contributed by atoms with van der Waals surface area (Å²) in [6, 6.07) is 10.1. The van der Waals surface area contributed by atoms with Crippen LogP contribution in [-0.2, 0) is 6.54 Å². The van der Waals surface area contributed by atoms with Crippen LogP contribution in [-0.4, -0.2) is 17.3 Å². The molecule has 2 N–H and O–H groups in total.